The number of hydrogen-bond acceptors (Lipinski definition) is 4. The van der Waals surface area contributed by atoms with Crippen LogP contribution in [0, 0.1) is 0 Å². The molecule has 1 aromatic carbocycles. The van der Waals surface area contributed by atoms with Crippen LogP contribution in [0.25, 0.3) is 0 Å². The molecule has 1 atom stereocenters. The van der Waals surface area contributed by atoms with Crippen LogP contribution in [-0.2, 0) is 9.67 Å². The first-order valence-electron chi connectivity index (χ1n) is 4.96. The molecule has 1 N–H and O–H groups in total. The molecule has 1 amide bonds. The molecule has 84 valence electrons. The molecule has 4 nitrogen and oxygen atoms in total. The van der Waals surface area contributed by atoms with Gasteiger partial charge in [0.15, 0.2) is 4.87 Å². The molecule has 0 bridgehead atoms. The average Bonchev–Trinajstić information content (AvgIpc) is 2.57. The first-order valence-corrected chi connectivity index (χ1v) is 5.78. The van der Waals surface area contributed by atoms with Crippen LogP contribution in [0.1, 0.15) is 19.4 Å². The number of hydrazine groups is 1. The summed E-state index contributed by atoms with van der Waals surface area (Å²) in [6, 6.07) is 9.99. The number of thioether (sulfide) groups is 1. The molecule has 5 heteroatoms. The van der Waals surface area contributed by atoms with E-state index in [1.807, 2.05) is 44.2 Å². The second kappa shape index (κ2) is 4.17. The van der Waals surface area contributed by atoms with Crippen molar-refractivity contribution in [2.24, 2.45) is 5.10 Å². The van der Waals surface area contributed by atoms with Crippen LogP contribution in [0.5, 0.6) is 0 Å². The first kappa shape index (κ1) is 11.0. The van der Waals surface area contributed by atoms with Gasteiger partial charge in [0.2, 0.25) is 6.41 Å². The Morgan fingerprint density at radius 1 is 1.44 bits per heavy atom. The van der Waals surface area contributed by atoms with E-state index in [0.29, 0.717) is 6.41 Å². The van der Waals surface area contributed by atoms with Crippen LogP contribution in [0.4, 0.5) is 0 Å². The lowest BCUT2D eigenvalue weighted by Gasteiger charge is -2.32. The van der Waals surface area contributed by atoms with Gasteiger partial charge in [-0.1, -0.05) is 42.1 Å². The van der Waals surface area contributed by atoms with Crippen molar-refractivity contribution in [1.82, 2.24) is 10.5 Å². The van der Waals surface area contributed by atoms with Gasteiger partial charge in [-0.05, 0) is 19.4 Å². The molecule has 16 heavy (non-hydrogen) atoms. The highest BCUT2D eigenvalue weighted by Crippen LogP contribution is 2.43. The van der Waals surface area contributed by atoms with E-state index in [0.717, 1.165) is 10.6 Å². The van der Waals surface area contributed by atoms with Crippen LogP contribution in [0.3, 0.4) is 0 Å². The first-order chi connectivity index (χ1) is 7.66. The van der Waals surface area contributed by atoms with Gasteiger partial charge in [-0.25, -0.2) is 0 Å². The lowest BCUT2D eigenvalue weighted by atomic mass is 10.1. The van der Waals surface area contributed by atoms with Crippen LogP contribution in [0.15, 0.2) is 35.4 Å². The molecule has 0 saturated heterocycles. The van der Waals surface area contributed by atoms with E-state index in [4.69, 9.17) is 0 Å². The summed E-state index contributed by atoms with van der Waals surface area (Å²) in [5.74, 6) is 0. The number of benzene rings is 1. The number of nitrogens with zero attached hydrogens (tertiary/aromatic N) is 2. The second-order valence-corrected chi connectivity index (χ2v) is 5.22. The number of carbonyl (C=O) groups is 1. The predicted octanol–water partition coefficient (Wildman–Crippen LogP) is 1.90. The Morgan fingerprint density at radius 3 is 2.75 bits per heavy atom. The number of hydrogen-bond donors (Lipinski definition) is 1. The molecule has 0 aliphatic carbocycles. The van der Waals surface area contributed by atoms with Crippen LogP contribution in [-0.4, -0.2) is 16.6 Å². The summed E-state index contributed by atoms with van der Waals surface area (Å²) in [7, 11) is 0. The molecule has 1 aliphatic heterocycles. The highest BCUT2D eigenvalue weighted by molar-refractivity contribution is 8.14. The van der Waals surface area contributed by atoms with Crippen molar-refractivity contribution in [1.29, 1.82) is 0 Å². The zero-order chi connectivity index (χ0) is 11.6. The summed E-state index contributed by atoms with van der Waals surface area (Å²) < 4.78 is 0. The molecule has 0 saturated carbocycles. The minimum absolute atomic E-state index is 0.369. The van der Waals surface area contributed by atoms with Crippen molar-refractivity contribution in [2.75, 3.05) is 0 Å². The number of nitrogens with one attached hydrogen (secondary N) is 1. The van der Waals surface area contributed by atoms with E-state index in [2.05, 4.69) is 10.5 Å². The summed E-state index contributed by atoms with van der Waals surface area (Å²) in [4.78, 5) is 10.2. The topological polar surface area (TPSA) is 44.7 Å². The lowest BCUT2D eigenvalue weighted by molar-refractivity contribution is -0.115. The zero-order valence-electron chi connectivity index (χ0n) is 9.18. The molecule has 1 heterocycles. The highest BCUT2D eigenvalue weighted by Gasteiger charge is 2.40. The fourth-order valence-electron chi connectivity index (χ4n) is 1.72. The fourth-order valence-corrected chi connectivity index (χ4v) is 2.85. The summed E-state index contributed by atoms with van der Waals surface area (Å²) in [6.45, 7) is 3.96. The Labute approximate surface area is 98.7 Å². The number of carbonyl (C=O) groups excluding carboxylic acids is 1. The predicted molar refractivity (Wildman–Crippen MR) is 65.5 cm³/mol. The molecule has 1 aliphatic rings. The van der Waals surface area contributed by atoms with Gasteiger partial charge in [0.05, 0.1) is 5.04 Å². The van der Waals surface area contributed by atoms with Crippen molar-refractivity contribution in [3.05, 3.63) is 35.9 Å². The summed E-state index contributed by atoms with van der Waals surface area (Å²) in [5, 5.41) is 6.80. The minimum Gasteiger partial charge on any atom is -0.277 e. The summed E-state index contributed by atoms with van der Waals surface area (Å²) >= 11 is 1.62. The Hall–Kier alpha value is -1.49. The molecule has 1 aromatic rings. The van der Waals surface area contributed by atoms with Gasteiger partial charge in [-0.3, -0.25) is 10.2 Å². The number of amides is 1. The summed E-state index contributed by atoms with van der Waals surface area (Å²) in [5.41, 5.74) is 3.71. The van der Waals surface area contributed by atoms with Crippen LogP contribution in [0.2, 0.25) is 0 Å². The van der Waals surface area contributed by atoms with Crippen LogP contribution >= 0.6 is 11.8 Å². The molecular formula is C11H13N3OS. The van der Waals surface area contributed by atoms with E-state index in [1.54, 1.807) is 16.9 Å². The van der Waals surface area contributed by atoms with Crippen molar-refractivity contribution < 1.29 is 4.79 Å². The Kier molecular flexibility index (Phi) is 2.87. The van der Waals surface area contributed by atoms with E-state index in [9.17, 15) is 4.79 Å². The monoisotopic (exact) mass is 235 g/mol. The van der Waals surface area contributed by atoms with E-state index >= 15 is 0 Å². The Bertz CT molecular complexity index is 420. The third-order valence-corrected chi connectivity index (χ3v) is 3.66. The minimum atomic E-state index is -0.369. The average molecular weight is 235 g/mol. The maximum atomic E-state index is 10.6. The normalized spacial score (nSPS) is 24.1. The maximum absolute atomic E-state index is 10.6. The van der Waals surface area contributed by atoms with Gasteiger partial charge in [-0.2, -0.15) is 10.2 Å². The molecule has 0 radical (unpaired) electrons. The third kappa shape index (κ3) is 1.78. The van der Waals surface area contributed by atoms with Crippen molar-refractivity contribution in [3.63, 3.8) is 0 Å². The highest BCUT2D eigenvalue weighted by atomic mass is 32.2. The van der Waals surface area contributed by atoms with Gasteiger partial charge in [0, 0.05) is 0 Å². The van der Waals surface area contributed by atoms with E-state index in [-0.39, 0.29) is 4.87 Å². The largest absolute Gasteiger partial charge is 0.277 e. The summed E-state index contributed by atoms with van der Waals surface area (Å²) in [6.07, 6.45) is 0.643. The lowest BCUT2D eigenvalue weighted by Crippen LogP contribution is -2.43. The van der Waals surface area contributed by atoms with Crippen molar-refractivity contribution in [3.8, 4) is 0 Å². The van der Waals surface area contributed by atoms with Gasteiger partial charge >= 0.3 is 0 Å². The number of hydrazone groups is 1. The zero-order valence-corrected chi connectivity index (χ0v) is 9.99. The molecule has 0 fully saturated rings. The smallest absolute Gasteiger partial charge is 0.227 e. The maximum Gasteiger partial charge on any atom is 0.227 e. The Balaban J connectivity index is 2.35. The Morgan fingerprint density at radius 2 is 2.12 bits per heavy atom. The molecule has 0 aromatic heterocycles. The van der Waals surface area contributed by atoms with Crippen LogP contribution < -0.4 is 5.43 Å². The molecular weight excluding hydrogens is 222 g/mol. The van der Waals surface area contributed by atoms with E-state index < -0.39 is 0 Å². The number of rotatable bonds is 3. The van der Waals surface area contributed by atoms with E-state index in [1.165, 1.54) is 0 Å². The van der Waals surface area contributed by atoms with Gasteiger partial charge in [-0.15, -0.1) is 0 Å². The molecule has 1 unspecified atom stereocenters. The van der Waals surface area contributed by atoms with Crippen molar-refractivity contribution in [2.45, 2.75) is 18.7 Å². The third-order valence-electron chi connectivity index (χ3n) is 2.48. The fraction of sp³-hybridized carbons (Fsp3) is 0.273. The van der Waals surface area contributed by atoms with Gasteiger partial charge in [0.25, 0.3) is 0 Å². The second-order valence-electron chi connectivity index (χ2n) is 3.63. The molecule has 2 rings (SSSR count). The molecule has 0 spiro atoms. The van der Waals surface area contributed by atoms with Gasteiger partial charge < -0.3 is 0 Å². The SMILES string of the molecule is CC1=NN(NC=O)C(C)(c2ccccc2)S1. The standard InChI is InChI=1S/C11H13N3OS/c1-9-13-14(12-8-15)11(2,16-9)10-6-4-3-5-7-10/h3-8H,1-2H3,(H,12,15). The van der Waals surface area contributed by atoms with Gasteiger partial charge in [0.1, 0.15) is 0 Å². The van der Waals surface area contributed by atoms with Crippen molar-refractivity contribution >= 4 is 23.2 Å². The quantitative estimate of drug-likeness (QED) is 0.814.